The van der Waals surface area contributed by atoms with Crippen LogP contribution >= 0.6 is 0 Å². The summed E-state index contributed by atoms with van der Waals surface area (Å²) >= 11 is 0. The van der Waals surface area contributed by atoms with E-state index < -0.39 is 40.0 Å². The fourth-order valence-corrected chi connectivity index (χ4v) is 7.03. The van der Waals surface area contributed by atoms with Gasteiger partial charge in [0.05, 0.1) is 36.6 Å². The number of benzene rings is 4. The summed E-state index contributed by atoms with van der Waals surface area (Å²) in [6, 6.07) is 29.7. The summed E-state index contributed by atoms with van der Waals surface area (Å²) < 4.78 is 27.8. The molecule has 0 fully saturated rings. The molecule has 0 aliphatic carbocycles. The molecule has 4 atom stereocenters. The molecule has 12 nitrogen and oxygen atoms in total. The molecule has 1 heterocycles. The van der Waals surface area contributed by atoms with Crippen molar-refractivity contribution in [2.24, 2.45) is 0 Å². The minimum Gasteiger partial charge on any atom is -0.399 e. The first-order chi connectivity index (χ1) is 27.2. The lowest BCUT2D eigenvalue weighted by molar-refractivity contribution is -0.123. The number of nitrogen functional groups attached to an aromatic ring is 1. The zero-order chi connectivity index (χ0) is 41.1. The van der Waals surface area contributed by atoms with E-state index >= 15 is 0 Å². The van der Waals surface area contributed by atoms with Crippen LogP contribution in [0.1, 0.15) is 75.8 Å². The smallest absolute Gasteiger partial charge is 0.251 e. The average molecular weight is 786 g/mol. The van der Waals surface area contributed by atoms with Gasteiger partial charge in [0, 0.05) is 41.8 Å². The number of carbonyl (C=O) groups excluding carboxylic acids is 3. The number of rotatable bonds is 17. The van der Waals surface area contributed by atoms with Crippen molar-refractivity contribution in [2.75, 3.05) is 22.8 Å². The molecular weight excluding hydrogens is 737 g/mol. The quantitative estimate of drug-likeness (QED) is 0.0692. The summed E-state index contributed by atoms with van der Waals surface area (Å²) in [6.07, 6.45) is 4.76. The van der Waals surface area contributed by atoms with E-state index in [1.54, 1.807) is 68.7 Å². The summed E-state index contributed by atoms with van der Waals surface area (Å²) in [5.41, 5.74) is 10.5. The molecule has 0 aliphatic rings. The number of nitrogens with one attached hydrogen (secondary N) is 4. The predicted octanol–water partition coefficient (Wildman–Crippen LogP) is 4.11. The third kappa shape index (κ3) is 12.3. The second-order valence-corrected chi connectivity index (χ2v) is 16.1. The van der Waals surface area contributed by atoms with E-state index in [9.17, 15) is 22.8 Å². The van der Waals surface area contributed by atoms with Crippen molar-refractivity contribution in [1.82, 2.24) is 26.3 Å². The fourth-order valence-electron chi connectivity index (χ4n) is 6.16. The highest BCUT2D eigenvalue weighted by molar-refractivity contribution is 7.92. The third-order valence-corrected chi connectivity index (χ3v) is 10.6. The Bertz CT molecular complexity index is 2240. The number of anilines is 2. The van der Waals surface area contributed by atoms with E-state index in [1.807, 2.05) is 55.5 Å². The Labute approximate surface area is 336 Å². The lowest BCUT2D eigenvalue weighted by Crippen LogP contribution is -2.49. The van der Waals surface area contributed by atoms with Crippen molar-refractivity contribution >= 4 is 52.4 Å². The number of nitrogens with zero attached hydrogens (tertiary/aromatic N) is 2. The Morgan fingerprint density at radius 3 is 2.00 bits per heavy atom. The number of sulfonamides is 1. The van der Waals surface area contributed by atoms with Crippen LogP contribution in [0.2, 0.25) is 0 Å². The molecule has 0 bridgehead atoms. The molecule has 3 amide bonds. The molecule has 2 radical (unpaired) electrons. The van der Waals surface area contributed by atoms with Gasteiger partial charge in [-0.3, -0.25) is 23.7 Å². The third-order valence-electron chi connectivity index (χ3n) is 9.49. The van der Waals surface area contributed by atoms with Crippen LogP contribution in [0.25, 0.3) is 0 Å². The van der Waals surface area contributed by atoms with Crippen LogP contribution in [0.3, 0.4) is 0 Å². The number of carbonyl (C=O) groups is 3. The van der Waals surface area contributed by atoms with Crippen molar-refractivity contribution in [3.05, 3.63) is 155 Å². The maximum Gasteiger partial charge on any atom is 0.251 e. The first kappa shape index (κ1) is 42.2. The number of nitrogens with two attached hydrogens (primary N) is 1. The highest BCUT2D eigenvalue weighted by atomic mass is 32.2. The summed E-state index contributed by atoms with van der Waals surface area (Å²) in [5, 5.41) is 12.3. The first-order valence-corrected chi connectivity index (χ1v) is 20.4. The van der Waals surface area contributed by atoms with Gasteiger partial charge in [-0.2, -0.15) is 0 Å². The molecule has 5 aromatic rings. The van der Waals surface area contributed by atoms with E-state index in [1.165, 1.54) is 18.2 Å². The molecular formula is C43H48BN7O5S. The van der Waals surface area contributed by atoms with E-state index in [-0.39, 0.29) is 41.9 Å². The molecule has 0 aliphatic heterocycles. The summed E-state index contributed by atoms with van der Waals surface area (Å²) in [4.78, 5) is 45.4. The van der Waals surface area contributed by atoms with Gasteiger partial charge in [0.1, 0.15) is 7.85 Å². The Balaban J connectivity index is 1.42. The Hall–Kier alpha value is -5.99. The minimum atomic E-state index is -3.92. The number of pyridine rings is 1. The summed E-state index contributed by atoms with van der Waals surface area (Å²) in [5.74, 6) is -1.28. The van der Waals surface area contributed by atoms with Crippen molar-refractivity contribution in [1.29, 1.82) is 0 Å². The maximum absolute atomic E-state index is 14.2. The zero-order valence-corrected chi connectivity index (χ0v) is 33.3. The molecule has 0 saturated carbocycles. The van der Waals surface area contributed by atoms with Crippen LogP contribution < -0.4 is 36.8 Å². The van der Waals surface area contributed by atoms with Gasteiger partial charge in [-0.15, -0.1) is 0 Å². The Morgan fingerprint density at radius 2 is 1.39 bits per heavy atom. The van der Waals surface area contributed by atoms with Crippen LogP contribution in [0.4, 0.5) is 11.4 Å². The van der Waals surface area contributed by atoms with Gasteiger partial charge in [-0.25, -0.2) is 8.42 Å². The number of hydrogen-bond donors (Lipinski definition) is 5. The van der Waals surface area contributed by atoms with Crippen LogP contribution in [0.15, 0.2) is 122 Å². The molecule has 4 aromatic carbocycles. The van der Waals surface area contributed by atoms with E-state index in [2.05, 4.69) is 26.3 Å². The van der Waals surface area contributed by atoms with Crippen LogP contribution in [0, 0.1) is 0 Å². The molecule has 57 heavy (non-hydrogen) atoms. The highest BCUT2D eigenvalue weighted by Gasteiger charge is 2.25. The highest BCUT2D eigenvalue weighted by Crippen LogP contribution is 2.25. The van der Waals surface area contributed by atoms with Crippen molar-refractivity contribution in [3.8, 4) is 0 Å². The summed E-state index contributed by atoms with van der Waals surface area (Å²) in [7, 11) is 1.96. The van der Waals surface area contributed by atoms with Gasteiger partial charge in [-0.05, 0) is 85.8 Å². The molecule has 6 N–H and O–H groups in total. The minimum absolute atomic E-state index is 0.0683. The maximum atomic E-state index is 14.2. The topological polar surface area (TPSA) is 176 Å². The number of amides is 3. The van der Waals surface area contributed by atoms with Crippen molar-refractivity contribution in [3.63, 3.8) is 0 Å². The lowest BCUT2D eigenvalue weighted by Gasteiger charge is -2.25. The Morgan fingerprint density at radius 1 is 0.754 bits per heavy atom. The van der Waals surface area contributed by atoms with Crippen LogP contribution in [0.5, 0.6) is 0 Å². The first-order valence-electron chi connectivity index (χ1n) is 18.6. The SMILES string of the molecule is [B]c1ccc(CN(c2cc(C(=O)NC(C)c3cccnc3)cc(C(=O)N[C@H](CN[C@@H](C)C(=O)N[C@H](C)c3ccc(N)cc3)Cc3ccccc3)c2)S(C)(=O)=O)cc1. The lowest BCUT2D eigenvalue weighted by atomic mass is 9.95. The van der Waals surface area contributed by atoms with Gasteiger partial charge >= 0.3 is 0 Å². The molecule has 1 aromatic heterocycles. The summed E-state index contributed by atoms with van der Waals surface area (Å²) in [6.45, 7) is 5.57. The molecule has 5 rings (SSSR count). The molecule has 14 heteroatoms. The second-order valence-electron chi connectivity index (χ2n) is 14.1. The largest absolute Gasteiger partial charge is 0.399 e. The fraction of sp³-hybridized carbons (Fsp3) is 0.256. The van der Waals surface area contributed by atoms with Gasteiger partial charge in [0.2, 0.25) is 15.9 Å². The molecule has 1 unspecified atom stereocenters. The normalized spacial score (nSPS) is 13.4. The predicted molar refractivity (Wildman–Crippen MR) is 226 cm³/mol. The number of hydrogen-bond acceptors (Lipinski definition) is 8. The number of aromatic nitrogens is 1. The van der Waals surface area contributed by atoms with Crippen LogP contribution in [-0.2, 0) is 27.8 Å². The standard InChI is InChI=1S/C43H48BN7O5S/c1-28(33-14-18-38(45)19-15-33)48-41(52)30(3)47-26-39(21-31-9-6-5-7-10-31)50-43(54)36-22-35(42(53)49-29(2)34-11-8-20-46-25-34)23-40(24-36)51(57(4,55)56)27-32-12-16-37(44)17-13-32/h5-20,22-25,28-30,39,47H,21,26-27,45H2,1-4H3,(H,48,52)(H,49,53)(H,50,54)/t28-,29?,30+,39+/m1/s1. The van der Waals surface area contributed by atoms with E-state index in [0.29, 0.717) is 23.1 Å². The zero-order valence-electron chi connectivity index (χ0n) is 32.5. The van der Waals surface area contributed by atoms with Gasteiger partial charge in [0.25, 0.3) is 11.8 Å². The second kappa shape index (κ2) is 19.2. The molecule has 0 saturated heterocycles. The van der Waals surface area contributed by atoms with Gasteiger partial charge in [0.15, 0.2) is 0 Å². The van der Waals surface area contributed by atoms with Crippen LogP contribution in [-0.4, -0.2) is 63.9 Å². The van der Waals surface area contributed by atoms with Gasteiger partial charge in [-0.1, -0.05) is 78.3 Å². The average Bonchev–Trinajstić information content (AvgIpc) is 3.19. The van der Waals surface area contributed by atoms with Crippen molar-refractivity contribution < 1.29 is 22.8 Å². The van der Waals surface area contributed by atoms with E-state index in [0.717, 1.165) is 27.3 Å². The van der Waals surface area contributed by atoms with E-state index in [4.69, 9.17) is 13.6 Å². The monoisotopic (exact) mass is 785 g/mol. The van der Waals surface area contributed by atoms with Crippen molar-refractivity contribution in [2.45, 2.75) is 57.9 Å². The molecule has 294 valence electrons. The van der Waals surface area contributed by atoms with Gasteiger partial charge < -0.3 is 27.0 Å². The molecule has 0 spiro atoms. The Kier molecular flexibility index (Phi) is 14.2.